The van der Waals surface area contributed by atoms with Crippen LogP contribution in [0.15, 0.2) is 24.3 Å². The van der Waals surface area contributed by atoms with E-state index in [-0.39, 0.29) is 5.82 Å². The van der Waals surface area contributed by atoms with E-state index in [1.54, 1.807) is 12.1 Å². The number of rotatable bonds is 3. The summed E-state index contributed by atoms with van der Waals surface area (Å²) in [5.74, 6) is 1.94. The summed E-state index contributed by atoms with van der Waals surface area (Å²) in [4.78, 5) is 2.15. The molecule has 2 aliphatic carbocycles. The molecular weight excluding hydrogens is 227 g/mol. The highest BCUT2D eigenvalue weighted by Crippen LogP contribution is 2.47. The topological polar surface area (TPSA) is 29.3 Å². The minimum atomic E-state index is -0.170. The van der Waals surface area contributed by atoms with Gasteiger partial charge >= 0.3 is 0 Å². The number of anilines is 1. The molecule has 0 radical (unpaired) electrons. The Morgan fingerprint density at radius 2 is 2.11 bits per heavy atom. The van der Waals surface area contributed by atoms with Crippen molar-refractivity contribution in [3.05, 3.63) is 30.1 Å². The van der Waals surface area contributed by atoms with Crippen LogP contribution in [0.5, 0.6) is 0 Å². The van der Waals surface area contributed by atoms with Crippen molar-refractivity contribution in [3.8, 4) is 0 Å². The predicted octanol–water partition coefficient (Wildman–Crippen LogP) is 2.64. The molecule has 1 aromatic carbocycles. The molecule has 4 unspecified atom stereocenters. The van der Waals surface area contributed by atoms with Gasteiger partial charge in [-0.05, 0) is 55.2 Å². The maximum atomic E-state index is 13.2. The quantitative estimate of drug-likeness (QED) is 0.891. The van der Waals surface area contributed by atoms with Crippen molar-refractivity contribution in [2.24, 2.45) is 23.5 Å². The van der Waals surface area contributed by atoms with Gasteiger partial charge in [0.05, 0.1) is 0 Å². The van der Waals surface area contributed by atoms with Crippen LogP contribution in [-0.2, 0) is 0 Å². The van der Waals surface area contributed by atoms with Crippen LogP contribution in [0.2, 0.25) is 0 Å². The summed E-state index contributed by atoms with van der Waals surface area (Å²) in [6.07, 6.45) is 3.95. The Kier molecular flexibility index (Phi) is 3.02. The molecule has 0 saturated heterocycles. The number of fused-ring (bicyclic) bond motifs is 2. The highest BCUT2D eigenvalue weighted by molar-refractivity contribution is 5.45. The van der Waals surface area contributed by atoms with E-state index >= 15 is 0 Å². The normalized spacial score (nSPS) is 33.9. The molecule has 2 bridgehead atoms. The highest BCUT2D eigenvalue weighted by Gasteiger charge is 2.45. The van der Waals surface area contributed by atoms with E-state index in [4.69, 9.17) is 5.73 Å². The third kappa shape index (κ3) is 2.01. The molecule has 0 amide bonds. The van der Waals surface area contributed by atoms with Crippen LogP contribution < -0.4 is 10.6 Å². The molecule has 0 spiro atoms. The fraction of sp³-hybridized carbons (Fsp3) is 0.600. The SMILES string of the molecule is CN(CC1C2CCC(C2)C1N)c1cccc(F)c1. The van der Waals surface area contributed by atoms with E-state index < -0.39 is 0 Å². The van der Waals surface area contributed by atoms with Gasteiger partial charge in [-0.25, -0.2) is 4.39 Å². The molecule has 2 saturated carbocycles. The Balaban J connectivity index is 1.69. The molecule has 1 aromatic rings. The van der Waals surface area contributed by atoms with Crippen molar-refractivity contribution < 1.29 is 4.39 Å². The summed E-state index contributed by atoms with van der Waals surface area (Å²) in [5, 5.41) is 0. The summed E-state index contributed by atoms with van der Waals surface area (Å²) in [6.45, 7) is 0.950. The molecule has 0 aromatic heterocycles. The molecule has 4 atom stereocenters. The van der Waals surface area contributed by atoms with E-state index in [1.165, 1.54) is 25.3 Å². The minimum absolute atomic E-state index is 0.170. The fourth-order valence-electron chi connectivity index (χ4n) is 3.86. The van der Waals surface area contributed by atoms with Crippen molar-refractivity contribution in [2.45, 2.75) is 25.3 Å². The number of halogens is 1. The smallest absolute Gasteiger partial charge is 0.125 e. The molecule has 18 heavy (non-hydrogen) atoms. The Labute approximate surface area is 108 Å². The summed E-state index contributed by atoms with van der Waals surface area (Å²) in [5.41, 5.74) is 7.27. The maximum Gasteiger partial charge on any atom is 0.125 e. The largest absolute Gasteiger partial charge is 0.374 e. The van der Waals surface area contributed by atoms with Crippen LogP contribution in [0, 0.1) is 23.6 Å². The Morgan fingerprint density at radius 1 is 1.33 bits per heavy atom. The molecular formula is C15H21FN2. The van der Waals surface area contributed by atoms with Gasteiger partial charge in [0.25, 0.3) is 0 Å². The van der Waals surface area contributed by atoms with E-state index in [0.717, 1.165) is 24.1 Å². The molecule has 0 heterocycles. The number of nitrogens with zero attached hydrogens (tertiary/aromatic N) is 1. The number of benzene rings is 1. The third-order valence-electron chi connectivity index (χ3n) is 4.89. The Hall–Kier alpha value is -1.09. The van der Waals surface area contributed by atoms with E-state index in [2.05, 4.69) is 4.90 Å². The van der Waals surface area contributed by atoms with Crippen molar-refractivity contribution in [2.75, 3.05) is 18.5 Å². The third-order valence-corrected chi connectivity index (χ3v) is 4.89. The molecule has 0 aliphatic heterocycles. The van der Waals surface area contributed by atoms with Crippen molar-refractivity contribution >= 4 is 5.69 Å². The molecule has 2 nitrogen and oxygen atoms in total. The monoisotopic (exact) mass is 248 g/mol. The van der Waals surface area contributed by atoms with Gasteiger partial charge in [0.2, 0.25) is 0 Å². The van der Waals surface area contributed by atoms with Crippen LogP contribution in [-0.4, -0.2) is 19.6 Å². The van der Waals surface area contributed by atoms with Crippen molar-refractivity contribution in [3.63, 3.8) is 0 Å². The molecule has 3 rings (SSSR count). The zero-order valence-electron chi connectivity index (χ0n) is 10.8. The van der Waals surface area contributed by atoms with Crippen LogP contribution in [0.4, 0.5) is 10.1 Å². The number of hydrogen-bond acceptors (Lipinski definition) is 2. The standard InChI is InChI=1S/C15H21FN2/c1-18(13-4-2-3-12(16)8-13)9-14-10-5-6-11(7-10)15(14)17/h2-4,8,10-11,14-15H,5-7,9,17H2,1H3. The van der Waals surface area contributed by atoms with Gasteiger partial charge in [-0.2, -0.15) is 0 Å². The van der Waals surface area contributed by atoms with Crippen LogP contribution in [0.3, 0.4) is 0 Å². The summed E-state index contributed by atoms with van der Waals surface area (Å²) in [6, 6.07) is 7.16. The van der Waals surface area contributed by atoms with E-state index in [9.17, 15) is 4.39 Å². The first-order chi connectivity index (χ1) is 8.65. The van der Waals surface area contributed by atoms with Gasteiger partial charge in [0.15, 0.2) is 0 Å². The van der Waals surface area contributed by atoms with E-state index in [1.807, 2.05) is 13.1 Å². The second-order valence-corrected chi connectivity index (χ2v) is 5.93. The van der Waals surface area contributed by atoms with Crippen molar-refractivity contribution in [1.82, 2.24) is 0 Å². The molecule has 2 N–H and O–H groups in total. The van der Waals surface area contributed by atoms with Gasteiger partial charge < -0.3 is 10.6 Å². The first-order valence-corrected chi connectivity index (χ1v) is 6.87. The average molecular weight is 248 g/mol. The fourth-order valence-corrected chi connectivity index (χ4v) is 3.86. The van der Waals surface area contributed by atoms with Crippen LogP contribution in [0.25, 0.3) is 0 Å². The average Bonchev–Trinajstić information content (AvgIpc) is 2.93. The molecule has 2 aliphatic rings. The maximum absolute atomic E-state index is 13.2. The van der Waals surface area contributed by atoms with Gasteiger partial charge in [-0.3, -0.25) is 0 Å². The second kappa shape index (κ2) is 4.54. The molecule has 98 valence electrons. The molecule has 2 fully saturated rings. The number of hydrogen-bond donors (Lipinski definition) is 1. The van der Waals surface area contributed by atoms with E-state index in [0.29, 0.717) is 12.0 Å². The summed E-state index contributed by atoms with van der Waals surface area (Å²) >= 11 is 0. The highest BCUT2D eigenvalue weighted by atomic mass is 19.1. The minimum Gasteiger partial charge on any atom is -0.374 e. The first kappa shape index (κ1) is 12.0. The predicted molar refractivity (Wildman–Crippen MR) is 72.0 cm³/mol. The van der Waals surface area contributed by atoms with Gasteiger partial charge in [-0.1, -0.05) is 6.07 Å². The lowest BCUT2D eigenvalue weighted by molar-refractivity contribution is 0.293. The lowest BCUT2D eigenvalue weighted by Crippen LogP contribution is -2.41. The zero-order chi connectivity index (χ0) is 12.7. The number of nitrogens with two attached hydrogens (primary N) is 1. The Bertz CT molecular complexity index is 432. The molecule has 3 heteroatoms. The van der Waals surface area contributed by atoms with Crippen molar-refractivity contribution in [1.29, 1.82) is 0 Å². The van der Waals surface area contributed by atoms with Crippen LogP contribution in [0.1, 0.15) is 19.3 Å². The lowest BCUT2D eigenvalue weighted by atomic mass is 9.84. The summed E-state index contributed by atoms with van der Waals surface area (Å²) < 4.78 is 13.2. The zero-order valence-corrected chi connectivity index (χ0v) is 10.8. The lowest BCUT2D eigenvalue weighted by Gasteiger charge is -2.32. The summed E-state index contributed by atoms with van der Waals surface area (Å²) in [7, 11) is 2.04. The van der Waals surface area contributed by atoms with Gasteiger partial charge in [-0.15, -0.1) is 0 Å². The van der Waals surface area contributed by atoms with Crippen LogP contribution >= 0.6 is 0 Å². The Morgan fingerprint density at radius 3 is 2.78 bits per heavy atom. The van der Waals surface area contributed by atoms with Gasteiger partial charge in [0, 0.05) is 25.3 Å². The van der Waals surface area contributed by atoms with Gasteiger partial charge in [0.1, 0.15) is 5.82 Å². The first-order valence-electron chi connectivity index (χ1n) is 6.87. The second-order valence-electron chi connectivity index (χ2n) is 5.93.